The summed E-state index contributed by atoms with van der Waals surface area (Å²) in [6.07, 6.45) is 27.6. The van der Waals surface area contributed by atoms with Gasteiger partial charge >= 0.3 is 5.97 Å². The first kappa shape index (κ1) is 23.1. The first-order valence-corrected chi connectivity index (χ1v) is 9.35. The molecule has 0 aromatic rings. The molecule has 1 atom stereocenters. The lowest BCUT2D eigenvalue weighted by atomic mass is 10.1. The number of aliphatic hydroxyl groups is 1. The van der Waals surface area contributed by atoms with Gasteiger partial charge in [0.1, 0.15) is 0 Å². The minimum absolute atomic E-state index is 0.198. The molecule has 2 N–H and O–H groups in total. The number of aliphatic hydroxyl groups excluding tert-OH is 1. The van der Waals surface area contributed by atoms with Gasteiger partial charge in [0, 0.05) is 6.42 Å². The largest absolute Gasteiger partial charge is 0.481 e. The number of hydrogen-bond donors (Lipinski definition) is 2. The normalized spacial score (nSPS) is 14.0. The average Bonchev–Trinajstić information content (AvgIpc) is 2.58. The molecule has 0 bridgehead atoms. The molecule has 0 aliphatic carbocycles. The highest BCUT2D eigenvalue weighted by Crippen LogP contribution is 2.04. The minimum atomic E-state index is -0.752. The van der Waals surface area contributed by atoms with Crippen molar-refractivity contribution >= 4 is 5.97 Å². The van der Waals surface area contributed by atoms with Crippen LogP contribution in [0.15, 0.2) is 60.8 Å². The quantitative estimate of drug-likeness (QED) is 0.226. The van der Waals surface area contributed by atoms with E-state index in [-0.39, 0.29) is 12.5 Å². The van der Waals surface area contributed by atoms with Crippen molar-refractivity contribution < 1.29 is 15.0 Å². The minimum Gasteiger partial charge on any atom is -0.481 e. The van der Waals surface area contributed by atoms with Crippen LogP contribution >= 0.6 is 0 Å². The van der Waals surface area contributed by atoms with Crippen LogP contribution in [0.25, 0.3) is 0 Å². The second kappa shape index (κ2) is 18.5. The second-order valence-electron chi connectivity index (χ2n) is 5.93. The molecule has 3 heteroatoms. The molecule has 0 amide bonds. The molecule has 0 saturated carbocycles. The van der Waals surface area contributed by atoms with Crippen molar-refractivity contribution in [2.75, 3.05) is 0 Å². The summed E-state index contributed by atoms with van der Waals surface area (Å²) in [5, 5.41) is 18.2. The third-order valence-electron chi connectivity index (χ3n) is 3.53. The molecule has 0 radical (unpaired) electrons. The Morgan fingerprint density at radius 2 is 1.48 bits per heavy atom. The second-order valence-corrected chi connectivity index (χ2v) is 5.93. The number of unbranched alkanes of at least 4 members (excludes halogenated alkanes) is 2. The van der Waals surface area contributed by atoms with Crippen molar-refractivity contribution in [1.82, 2.24) is 0 Å². The maximum Gasteiger partial charge on any atom is 0.303 e. The molecular formula is C22H34O3. The van der Waals surface area contributed by atoms with Crippen LogP contribution < -0.4 is 0 Å². The lowest BCUT2D eigenvalue weighted by Gasteiger charge is -2.02. The topological polar surface area (TPSA) is 57.5 Å². The monoisotopic (exact) mass is 346 g/mol. The highest BCUT2D eigenvalue weighted by atomic mass is 16.4. The molecule has 0 fully saturated rings. The van der Waals surface area contributed by atoms with Gasteiger partial charge in [0.25, 0.3) is 0 Å². The molecule has 0 aromatic carbocycles. The Morgan fingerprint density at radius 1 is 0.880 bits per heavy atom. The van der Waals surface area contributed by atoms with Crippen LogP contribution in [0.3, 0.4) is 0 Å². The highest BCUT2D eigenvalue weighted by molar-refractivity contribution is 5.66. The smallest absolute Gasteiger partial charge is 0.303 e. The molecule has 0 aliphatic rings. The van der Waals surface area contributed by atoms with Gasteiger partial charge in [0.2, 0.25) is 0 Å². The third kappa shape index (κ3) is 20.1. The standard InChI is InChI=1S/C22H34O3/c1-2-3-15-18-21(23)19-16-13-11-9-7-5-4-6-8-10-12-14-17-20-22(24)25/h5-8,11-14,16,19,21,23H,2-4,9-10,15,17-18,20H2,1H3,(H,24,25)/t21-/m0/s1. The SMILES string of the molecule is CCCCC[C@H](O)C=CC=CCC=CCC=CCC=CCCC(=O)O. The summed E-state index contributed by atoms with van der Waals surface area (Å²) < 4.78 is 0. The maximum absolute atomic E-state index is 10.3. The van der Waals surface area contributed by atoms with Gasteiger partial charge < -0.3 is 10.2 Å². The third-order valence-corrected chi connectivity index (χ3v) is 3.53. The molecule has 0 unspecified atom stereocenters. The zero-order valence-electron chi connectivity index (χ0n) is 15.5. The first-order valence-electron chi connectivity index (χ1n) is 9.35. The number of rotatable bonds is 15. The van der Waals surface area contributed by atoms with Gasteiger partial charge in [-0.15, -0.1) is 0 Å². The van der Waals surface area contributed by atoms with Crippen LogP contribution in [0.4, 0.5) is 0 Å². The molecule has 0 aliphatic heterocycles. The van der Waals surface area contributed by atoms with Crippen molar-refractivity contribution in [3.05, 3.63) is 60.8 Å². The number of aliphatic carboxylic acids is 1. The average molecular weight is 347 g/mol. The Morgan fingerprint density at radius 3 is 2.08 bits per heavy atom. The van der Waals surface area contributed by atoms with Crippen molar-refractivity contribution in [3.63, 3.8) is 0 Å². The molecule has 140 valence electrons. The zero-order valence-corrected chi connectivity index (χ0v) is 15.5. The predicted molar refractivity (Wildman–Crippen MR) is 107 cm³/mol. The summed E-state index contributed by atoms with van der Waals surface area (Å²) in [6, 6.07) is 0. The van der Waals surface area contributed by atoms with Crippen LogP contribution in [0, 0.1) is 0 Å². The van der Waals surface area contributed by atoms with Crippen LogP contribution in [0.1, 0.15) is 64.7 Å². The molecule has 3 nitrogen and oxygen atoms in total. The first-order chi connectivity index (χ1) is 12.2. The van der Waals surface area contributed by atoms with E-state index in [1.165, 1.54) is 12.8 Å². The van der Waals surface area contributed by atoms with E-state index < -0.39 is 5.97 Å². The van der Waals surface area contributed by atoms with Gasteiger partial charge in [0.15, 0.2) is 0 Å². The van der Waals surface area contributed by atoms with E-state index in [9.17, 15) is 9.90 Å². The van der Waals surface area contributed by atoms with Crippen LogP contribution in [-0.4, -0.2) is 22.3 Å². The number of carboxylic acid groups (broad SMARTS) is 1. The molecule has 0 heterocycles. The van der Waals surface area contributed by atoms with Gasteiger partial charge in [-0.25, -0.2) is 0 Å². The zero-order chi connectivity index (χ0) is 18.6. The Labute approximate surface area is 153 Å². The van der Waals surface area contributed by atoms with Gasteiger partial charge in [-0.3, -0.25) is 4.79 Å². The summed E-state index contributed by atoms with van der Waals surface area (Å²) in [6.45, 7) is 2.16. The number of hydrogen-bond acceptors (Lipinski definition) is 2. The fourth-order valence-corrected chi connectivity index (χ4v) is 2.09. The molecular weight excluding hydrogens is 312 g/mol. The Balaban J connectivity index is 3.61. The molecule has 0 aromatic heterocycles. The van der Waals surface area contributed by atoms with Crippen molar-refractivity contribution in [3.8, 4) is 0 Å². The van der Waals surface area contributed by atoms with Crippen molar-refractivity contribution in [1.29, 1.82) is 0 Å². The van der Waals surface area contributed by atoms with Crippen molar-refractivity contribution in [2.24, 2.45) is 0 Å². The van der Waals surface area contributed by atoms with E-state index >= 15 is 0 Å². The van der Waals surface area contributed by atoms with Gasteiger partial charge in [-0.1, -0.05) is 86.9 Å². The fraction of sp³-hybridized carbons (Fsp3) is 0.500. The van der Waals surface area contributed by atoms with E-state index in [2.05, 4.69) is 37.3 Å². The van der Waals surface area contributed by atoms with Gasteiger partial charge in [-0.2, -0.15) is 0 Å². The van der Waals surface area contributed by atoms with E-state index in [4.69, 9.17) is 5.11 Å². The summed E-state index contributed by atoms with van der Waals surface area (Å²) in [5.41, 5.74) is 0. The lowest BCUT2D eigenvalue weighted by molar-refractivity contribution is -0.136. The van der Waals surface area contributed by atoms with Gasteiger partial charge in [-0.05, 0) is 32.1 Å². The lowest BCUT2D eigenvalue weighted by Crippen LogP contribution is -2.00. The van der Waals surface area contributed by atoms with E-state index in [0.717, 1.165) is 32.1 Å². The number of carbonyl (C=O) groups is 1. The number of allylic oxidation sites excluding steroid dienone is 9. The van der Waals surface area contributed by atoms with E-state index in [1.54, 1.807) is 0 Å². The highest BCUT2D eigenvalue weighted by Gasteiger charge is 1.96. The predicted octanol–water partition coefficient (Wildman–Crippen LogP) is 5.74. The Hall–Kier alpha value is -1.87. The Kier molecular flexibility index (Phi) is 17.1. The molecule has 25 heavy (non-hydrogen) atoms. The fourth-order valence-electron chi connectivity index (χ4n) is 2.09. The van der Waals surface area contributed by atoms with Crippen LogP contribution in [-0.2, 0) is 4.79 Å². The van der Waals surface area contributed by atoms with E-state index in [0.29, 0.717) is 6.42 Å². The molecule has 0 spiro atoms. The Bertz CT molecular complexity index is 456. The van der Waals surface area contributed by atoms with Crippen LogP contribution in [0.5, 0.6) is 0 Å². The summed E-state index contributed by atoms with van der Waals surface area (Å²) in [7, 11) is 0. The number of carboxylic acids is 1. The van der Waals surface area contributed by atoms with Gasteiger partial charge in [0.05, 0.1) is 6.10 Å². The maximum atomic E-state index is 10.3. The van der Waals surface area contributed by atoms with Crippen molar-refractivity contribution in [2.45, 2.75) is 70.8 Å². The van der Waals surface area contributed by atoms with Crippen LogP contribution in [0.2, 0.25) is 0 Å². The summed E-state index contributed by atoms with van der Waals surface area (Å²) in [4.78, 5) is 10.3. The van der Waals surface area contributed by atoms with E-state index in [1.807, 2.05) is 30.4 Å². The summed E-state index contributed by atoms with van der Waals surface area (Å²) >= 11 is 0. The molecule has 0 saturated heterocycles. The summed E-state index contributed by atoms with van der Waals surface area (Å²) in [5.74, 6) is -0.752. The molecule has 0 rings (SSSR count).